The van der Waals surface area contributed by atoms with Gasteiger partial charge in [-0.25, -0.2) is 0 Å². The summed E-state index contributed by atoms with van der Waals surface area (Å²) in [6, 6.07) is 16.9. The molecule has 0 aromatic heterocycles. The van der Waals surface area contributed by atoms with E-state index in [1.54, 1.807) is 48.5 Å². The summed E-state index contributed by atoms with van der Waals surface area (Å²) in [6.07, 6.45) is -4.46. The Labute approximate surface area is 171 Å². The summed E-state index contributed by atoms with van der Waals surface area (Å²) >= 11 is 0. The van der Waals surface area contributed by atoms with Crippen molar-refractivity contribution in [2.24, 2.45) is 0 Å². The smallest absolute Gasteiger partial charge is 0.322 e. The van der Waals surface area contributed by atoms with Crippen molar-refractivity contribution in [1.82, 2.24) is 0 Å². The van der Waals surface area contributed by atoms with Gasteiger partial charge in [-0.3, -0.25) is 9.59 Å². The van der Waals surface area contributed by atoms with Gasteiger partial charge in [-0.15, -0.1) is 0 Å². The van der Waals surface area contributed by atoms with Gasteiger partial charge in [0.2, 0.25) is 0 Å². The van der Waals surface area contributed by atoms with Gasteiger partial charge in [0, 0.05) is 22.5 Å². The van der Waals surface area contributed by atoms with Gasteiger partial charge in [0.05, 0.1) is 5.56 Å². The Balaban J connectivity index is 1.78. The van der Waals surface area contributed by atoms with E-state index in [1.807, 2.05) is 0 Å². The maximum absolute atomic E-state index is 13.0. The maximum atomic E-state index is 13.0. The lowest BCUT2D eigenvalue weighted by atomic mass is 10.0. The summed E-state index contributed by atoms with van der Waals surface area (Å²) in [5, 5.41) is 5.39. The molecule has 0 aliphatic heterocycles. The van der Waals surface area contributed by atoms with Gasteiger partial charge in [0.1, 0.15) is 0 Å². The third-order valence-corrected chi connectivity index (χ3v) is 4.52. The zero-order chi connectivity index (χ0) is 21.9. The van der Waals surface area contributed by atoms with Crippen LogP contribution in [0.25, 0.3) is 0 Å². The van der Waals surface area contributed by atoms with E-state index in [0.717, 1.165) is 12.1 Å². The largest absolute Gasteiger partial charge is 0.416 e. The van der Waals surface area contributed by atoms with Crippen LogP contribution in [0, 0.1) is 13.8 Å². The van der Waals surface area contributed by atoms with E-state index in [-0.39, 0.29) is 11.5 Å². The summed E-state index contributed by atoms with van der Waals surface area (Å²) < 4.78 is 38.9. The van der Waals surface area contributed by atoms with Crippen molar-refractivity contribution in [3.63, 3.8) is 0 Å². The van der Waals surface area contributed by atoms with E-state index in [4.69, 9.17) is 0 Å². The summed E-state index contributed by atoms with van der Waals surface area (Å²) in [4.78, 5) is 24.9. The fraction of sp³-hybridized carbons (Fsp3) is 0.130. The number of hydrogen-bond acceptors (Lipinski definition) is 2. The topological polar surface area (TPSA) is 58.2 Å². The number of carbonyl (C=O) groups excluding carboxylic acids is 2. The van der Waals surface area contributed by atoms with Crippen LogP contribution < -0.4 is 10.6 Å². The van der Waals surface area contributed by atoms with E-state index in [9.17, 15) is 22.8 Å². The lowest BCUT2D eigenvalue weighted by Crippen LogP contribution is -2.16. The Kier molecular flexibility index (Phi) is 5.91. The highest BCUT2D eigenvalue weighted by molar-refractivity contribution is 6.07. The van der Waals surface area contributed by atoms with Crippen molar-refractivity contribution in [3.05, 3.63) is 94.5 Å². The highest BCUT2D eigenvalue weighted by atomic mass is 19.4. The summed E-state index contributed by atoms with van der Waals surface area (Å²) in [5.41, 5.74) is 1.35. The highest BCUT2D eigenvalue weighted by Gasteiger charge is 2.31. The zero-order valence-electron chi connectivity index (χ0n) is 16.3. The molecule has 2 N–H and O–H groups in total. The number of amides is 2. The average Bonchev–Trinajstić information content (AvgIpc) is 2.70. The average molecular weight is 412 g/mol. The van der Waals surface area contributed by atoms with Crippen LogP contribution in [0.4, 0.5) is 24.5 Å². The van der Waals surface area contributed by atoms with E-state index in [1.165, 1.54) is 19.9 Å². The minimum absolute atomic E-state index is 0.263. The zero-order valence-corrected chi connectivity index (χ0v) is 16.3. The SMILES string of the molecule is Cc1cc(C(F)(F)F)cc(C)c1NC(=O)c1cccc(NC(=O)c2ccccc2)c1. The molecular formula is C23H19F3N2O2. The van der Waals surface area contributed by atoms with Crippen molar-refractivity contribution in [3.8, 4) is 0 Å². The minimum Gasteiger partial charge on any atom is -0.322 e. The molecule has 3 aromatic carbocycles. The number of aryl methyl sites for hydroxylation is 2. The summed E-state index contributed by atoms with van der Waals surface area (Å²) in [6.45, 7) is 3.02. The van der Waals surface area contributed by atoms with Gasteiger partial charge in [0.25, 0.3) is 11.8 Å². The number of nitrogens with one attached hydrogen (secondary N) is 2. The Morgan fingerprint density at radius 3 is 1.90 bits per heavy atom. The van der Waals surface area contributed by atoms with Gasteiger partial charge in [-0.2, -0.15) is 13.2 Å². The molecule has 0 heterocycles. The lowest BCUT2D eigenvalue weighted by Gasteiger charge is -2.15. The van der Waals surface area contributed by atoms with Crippen LogP contribution in [-0.2, 0) is 6.18 Å². The number of rotatable bonds is 4. The molecule has 0 fully saturated rings. The summed E-state index contributed by atoms with van der Waals surface area (Å²) in [7, 11) is 0. The minimum atomic E-state index is -4.46. The third kappa shape index (κ3) is 4.86. The quantitative estimate of drug-likeness (QED) is 0.567. The van der Waals surface area contributed by atoms with Crippen molar-refractivity contribution < 1.29 is 22.8 Å². The van der Waals surface area contributed by atoms with Crippen molar-refractivity contribution in [1.29, 1.82) is 0 Å². The van der Waals surface area contributed by atoms with E-state index in [2.05, 4.69) is 10.6 Å². The van der Waals surface area contributed by atoms with Crippen molar-refractivity contribution >= 4 is 23.2 Å². The first-order chi connectivity index (χ1) is 14.1. The number of hydrogen-bond donors (Lipinski definition) is 2. The molecule has 0 atom stereocenters. The normalized spacial score (nSPS) is 11.1. The molecule has 154 valence electrons. The van der Waals surface area contributed by atoms with Gasteiger partial charge < -0.3 is 10.6 Å². The van der Waals surface area contributed by atoms with Crippen LogP contribution in [0.1, 0.15) is 37.4 Å². The fourth-order valence-corrected chi connectivity index (χ4v) is 3.04. The van der Waals surface area contributed by atoms with Gasteiger partial charge in [-0.1, -0.05) is 24.3 Å². The molecule has 3 aromatic rings. The van der Waals surface area contributed by atoms with E-state index < -0.39 is 17.6 Å². The number of carbonyl (C=O) groups is 2. The highest BCUT2D eigenvalue weighted by Crippen LogP contribution is 2.33. The molecule has 3 rings (SSSR count). The molecule has 0 saturated heterocycles. The number of benzene rings is 3. The van der Waals surface area contributed by atoms with Crippen LogP contribution >= 0.6 is 0 Å². The third-order valence-electron chi connectivity index (χ3n) is 4.52. The molecule has 0 spiro atoms. The van der Waals surface area contributed by atoms with Gasteiger partial charge >= 0.3 is 6.18 Å². The Hall–Kier alpha value is -3.61. The second kappa shape index (κ2) is 8.41. The van der Waals surface area contributed by atoms with Crippen LogP contribution in [-0.4, -0.2) is 11.8 Å². The van der Waals surface area contributed by atoms with E-state index >= 15 is 0 Å². The molecule has 0 bridgehead atoms. The first-order valence-corrected chi connectivity index (χ1v) is 9.11. The first kappa shape index (κ1) is 21.1. The molecule has 0 saturated carbocycles. The summed E-state index contributed by atoms with van der Waals surface area (Å²) in [5.74, 6) is -0.806. The molecule has 0 radical (unpaired) electrons. The Morgan fingerprint density at radius 1 is 0.733 bits per heavy atom. The maximum Gasteiger partial charge on any atom is 0.416 e. The first-order valence-electron chi connectivity index (χ1n) is 9.11. The molecule has 0 unspecified atom stereocenters. The van der Waals surface area contributed by atoms with Crippen LogP contribution in [0.2, 0.25) is 0 Å². The second-order valence-corrected chi connectivity index (χ2v) is 6.84. The van der Waals surface area contributed by atoms with Gasteiger partial charge in [-0.05, 0) is 67.4 Å². The molecule has 2 amide bonds. The van der Waals surface area contributed by atoms with E-state index in [0.29, 0.717) is 28.1 Å². The Morgan fingerprint density at radius 2 is 1.30 bits per heavy atom. The second-order valence-electron chi connectivity index (χ2n) is 6.84. The van der Waals surface area contributed by atoms with Crippen LogP contribution in [0.15, 0.2) is 66.7 Å². The van der Waals surface area contributed by atoms with Crippen molar-refractivity contribution in [2.75, 3.05) is 10.6 Å². The lowest BCUT2D eigenvalue weighted by molar-refractivity contribution is -0.137. The molecule has 4 nitrogen and oxygen atoms in total. The van der Waals surface area contributed by atoms with Crippen molar-refractivity contribution in [2.45, 2.75) is 20.0 Å². The molecule has 30 heavy (non-hydrogen) atoms. The van der Waals surface area contributed by atoms with Crippen LogP contribution in [0.3, 0.4) is 0 Å². The number of anilines is 2. The molecular weight excluding hydrogens is 393 g/mol. The fourth-order valence-electron chi connectivity index (χ4n) is 3.04. The van der Waals surface area contributed by atoms with Crippen LogP contribution in [0.5, 0.6) is 0 Å². The molecule has 0 aliphatic carbocycles. The number of alkyl halides is 3. The van der Waals surface area contributed by atoms with Gasteiger partial charge in [0.15, 0.2) is 0 Å². The predicted molar refractivity (Wildman–Crippen MR) is 110 cm³/mol. The standard InChI is InChI=1S/C23H19F3N2O2/c1-14-11-18(23(24,25)26)12-15(2)20(14)28-22(30)17-9-6-10-19(13-17)27-21(29)16-7-4-3-5-8-16/h3-13H,1-2H3,(H,27,29)(H,28,30). The predicted octanol–water partition coefficient (Wildman–Crippen LogP) is 5.83. The molecule has 0 aliphatic rings. The number of halogens is 3. The molecule has 7 heteroatoms. The Bertz CT molecular complexity index is 1070. The monoisotopic (exact) mass is 412 g/mol.